The van der Waals surface area contributed by atoms with Gasteiger partial charge >= 0.3 is 0 Å². The lowest BCUT2D eigenvalue weighted by Gasteiger charge is -2.10. The third kappa shape index (κ3) is 4.25. The largest absolute Gasteiger partial charge is 0.324 e. The highest BCUT2D eigenvalue weighted by Crippen LogP contribution is 2.18. The fourth-order valence-electron chi connectivity index (χ4n) is 2.61. The van der Waals surface area contributed by atoms with Crippen molar-refractivity contribution in [3.8, 4) is 0 Å². The van der Waals surface area contributed by atoms with Gasteiger partial charge in [-0.2, -0.15) is 0 Å². The quantitative estimate of drug-likeness (QED) is 0.718. The number of nitrogens with zero attached hydrogens (tertiary/aromatic N) is 2. The minimum atomic E-state index is -0.260. The molecule has 3 rings (SSSR count). The topological polar surface area (TPSA) is 66.9 Å². The summed E-state index contributed by atoms with van der Waals surface area (Å²) in [7, 11) is 0. The summed E-state index contributed by atoms with van der Waals surface area (Å²) in [6.45, 7) is 7.95. The highest BCUT2D eigenvalue weighted by atomic mass is 16.1. The first-order valence-corrected chi connectivity index (χ1v) is 8.49. The van der Waals surface area contributed by atoms with Gasteiger partial charge in [-0.1, -0.05) is 18.2 Å². The molecule has 3 aromatic rings. The van der Waals surface area contributed by atoms with E-state index >= 15 is 0 Å². The Morgan fingerprint density at radius 3 is 2.38 bits per heavy atom. The number of hydrogen-bond acceptors (Lipinski definition) is 4. The van der Waals surface area contributed by atoms with Crippen molar-refractivity contribution in [2.24, 2.45) is 0 Å². The van der Waals surface area contributed by atoms with Gasteiger partial charge in [0.1, 0.15) is 5.69 Å². The van der Waals surface area contributed by atoms with Crippen molar-refractivity contribution in [2.75, 3.05) is 10.6 Å². The molecule has 2 aromatic carbocycles. The van der Waals surface area contributed by atoms with Crippen LogP contribution in [0.2, 0.25) is 0 Å². The van der Waals surface area contributed by atoms with Crippen molar-refractivity contribution in [2.45, 2.75) is 27.7 Å². The zero-order chi connectivity index (χ0) is 18.7. The number of anilines is 3. The number of amides is 1. The molecule has 0 fully saturated rings. The van der Waals surface area contributed by atoms with Crippen LogP contribution in [0.25, 0.3) is 0 Å². The van der Waals surface area contributed by atoms with Crippen molar-refractivity contribution in [3.63, 3.8) is 0 Å². The molecule has 2 N–H and O–H groups in total. The average Bonchev–Trinajstić information content (AvgIpc) is 2.58. The van der Waals surface area contributed by atoms with Crippen molar-refractivity contribution in [1.82, 2.24) is 9.97 Å². The summed E-state index contributed by atoms with van der Waals surface area (Å²) in [5.41, 5.74) is 6.17. The molecule has 1 heterocycles. The molecule has 0 aliphatic heterocycles. The first-order valence-electron chi connectivity index (χ1n) is 8.49. The number of carbonyl (C=O) groups is 1. The summed E-state index contributed by atoms with van der Waals surface area (Å²) in [6, 6.07) is 15.4. The Bertz CT molecular complexity index is 966. The van der Waals surface area contributed by atoms with Crippen LogP contribution in [0.1, 0.15) is 32.9 Å². The molecule has 0 aliphatic carbocycles. The van der Waals surface area contributed by atoms with E-state index in [1.807, 2.05) is 56.3 Å². The monoisotopic (exact) mass is 346 g/mol. The van der Waals surface area contributed by atoms with Crippen LogP contribution < -0.4 is 10.6 Å². The minimum Gasteiger partial charge on any atom is -0.324 e. The Morgan fingerprint density at radius 2 is 1.65 bits per heavy atom. The van der Waals surface area contributed by atoms with Crippen molar-refractivity contribution >= 4 is 23.2 Å². The lowest BCUT2D eigenvalue weighted by Crippen LogP contribution is -2.15. The van der Waals surface area contributed by atoms with Gasteiger partial charge in [-0.25, -0.2) is 9.97 Å². The van der Waals surface area contributed by atoms with E-state index in [1.165, 1.54) is 11.1 Å². The van der Waals surface area contributed by atoms with Gasteiger partial charge in [0, 0.05) is 17.1 Å². The second-order valence-corrected chi connectivity index (χ2v) is 6.47. The van der Waals surface area contributed by atoms with Crippen LogP contribution in [-0.2, 0) is 0 Å². The van der Waals surface area contributed by atoms with E-state index in [1.54, 1.807) is 6.07 Å². The maximum atomic E-state index is 12.6. The molecule has 0 saturated heterocycles. The van der Waals surface area contributed by atoms with Crippen LogP contribution in [0, 0.1) is 27.7 Å². The van der Waals surface area contributed by atoms with Gasteiger partial charge in [-0.3, -0.25) is 4.79 Å². The molecule has 0 saturated carbocycles. The SMILES string of the molecule is Cc1cccc(NC(=O)c2cc(C)nc(Nc3ccc(C)c(C)c3)n2)c1. The summed E-state index contributed by atoms with van der Waals surface area (Å²) in [5, 5.41) is 6.06. The van der Waals surface area contributed by atoms with E-state index in [0.717, 1.165) is 22.6 Å². The Labute approximate surface area is 153 Å². The van der Waals surface area contributed by atoms with Crippen molar-refractivity contribution in [3.05, 3.63) is 76.6 Å². The minimum absolute atomic E-state index is 0.260. The third-order valence-electron chi connectivity index (χ3n) is 4.13. The van der Waals surface area contributed by atoms with Gasteiger partial charge < -0.3 is 10.6 Å². The first kappa shape index (κ1) is 17.6. The predicted molar refractivity (Wildman–Crippen MR) is 105 cm³/mol. The number of benzene rings is 2. The lowest BCUT2D eigenvalue weighted by molar-refractivity contribution is 0.102. The third-order valence-corrected chi connectivity index (χ3v) is 4.13. The van der Waals surface area contributed by atoms with E-state index < -0.39 is 0 Å². The Hall–Kier alpha value is -3.21. The van der Waals surface area contributed by atoms with E-state index in [2.05, 4.69) is 34.4 Å². The molecule has 5 nitrogen and oxygen atoms in total. The summed E-state index contributed by atoms with van der Waals surface area (Å²) in [5.74, 6) is 0.145. The van der Waals surface area contributed by atoms with Crippen LogP contribution >= 0.6 is 0 Å². The first-order chi connectivity index (χ1) is 12.4. The number of hydrogen-bond donors (Lipinski definition) is 2. The zero-order valence-corrected chi connectivity index (χ0v) is 15.4. The van der Waals surface area contributed by atoms with Gasteiger partial charge in [0.05, 0.1) is 0 Å². The molecule has 0 spiro atoms. The van der Waals surface area contributed by atoms with Gasteiger partial charge in [-0.15, -0.1) is 0 Å². The van der Waals surface area contributed by atoms with Gasteiger partial charge in [0.15, 0.2) is 0 Å². The molecule has 5 heteroatoms. The smallest absolute Gasteiger partial charge is 0.274 e. The van der Waals surface area contributed by atoms with Crippen molar-refractivity contribution in [1.29, 1.82) is 0 Å². The molecule has 0 bridgehead atoms. The van der Waals surface area contributed by atoms with E-state index in [-0.39, 0.29) is 5.91 Å². The van der Waals surface area contributed by atoms with Crippen LogP contribution in [0.15, 0.2) is 48.5 Å². The molecule has 132 valence electrons. The number of rotatable bonds is 4. The maximum Gasteiger partial charge on any atom is 0.274 e. The average molecular weight is 346 g/mol. The van der Waals surface area contributed by atoms with Crippen LogP contribution in [-0.4, -0.2) is 15.9 Å². The number of carbonyl (C=O) groups excluding carboxylic acids is 1. The summed E-state index contributed by atoms with van der Waals surface area (Å²) < 4.78 is 0. The molecule has 1 amide bonds. The molecule has 26 heavy (non-hydrogen) atoms. The number of aromatic nitrogens is 2. The molecular formula is C21H22N4O. The Morgan fingerprint density at radius 1 is 0.846 bits per heavy atom. The van der Waals surface area contributed by atoms with E-state index in [4.69, 9.17) is 0 Å². The van der Waals surface area contributed by atoms with E-state index in [9.17, 15) is 4.79 Å². The lowest BCUT2D eigenvalue weighted by atomic mass is 10.1. The Kier molecular flexibility index (Phi) is 4.98. The fourth-order valence-corrected chi connectivity index (χ4v) is 2.61. The molecule has 0 radical (unpaired) electrons. The normalized spacial score (nSPS) is 10.5. The standard InChI is InChI=1S/C21H22N4O/c1-13-6-5-7-17(10-13)23-20(26)19-12-16(4)22-21(25-19)24-18-9-8-14(2)15(3)11-18/h5-12H,1-4H3,(H,23,26)(H,22,24,25). The molecule has 0 aliphatic rings. The number of aryl methyl sites for hydroxylation is 4. The maximum absolute atomic E-state index is 12.6. The number of nitrogens with one attached hydrogen (secondary N) is 2. The molecule has 1 aromatic heterocycles. The summed E-state index contributed by atoms with van der Waals surface area (Å²) >= 11 is 0. The van der Waals surface area contributed by atoms with Crippen molar-refractivity contribution < 1.29 is 4.79 Å². The summed E-state index contributed by atoms with van der Waals surface area (Å²) in [6.07, 6.45) is 0. The fraction of sp³-hybridized carbons (Fsp3) is 0.190. The predicted octanol–water partition coefficient (Wildman–Crippen LogP) is 4.71. The van der Waals surface area contributed by atoms with Crippen LogP contribution in [0.3, 0.4) is 0 Å². The zero-order valence-electron chi connectivity index (χ0n) is 15.4. The second kappa shape index (κ2) is 7.35. The highest BCUT2D eigenvalue weighted by molar-refractivity contribution is 6.03. The molecule has 0 atom stereocenters. The van der Waals surface area contributed by atoms with Crippen LogP contribution in [0.4, 0.5) is 17.3 Å². The van der Waals surface area contributed by atoms with Gasteiger partial charge in [-0.05, 0) is 74.7 Å². The van der Waals surface area contributed by atoms with Crippen LogP contribution in [0.5, 0.6) is 0 Å². The second-order valence-electron chi connectivity index (χ2n) is 6.47. The van der Waals surface area contributed by atoms with E-state index in [0.29, 0.717) is 11.6 Å². The molecular weight excluding hydrogens is 324 g/mol. The summed E-state index contributed by atoms with van der Waals surface area (Å²) in [4.78, 5) is 21.3. The molecule has 0 unspecified atom stereocenters. The Balaban J connectivity index is 1.82. The van der Waals surface area contributed by atoms with Gasteiger partial charge in [0.2, 0.25) is 5.95 Å². The van der Waals surface area contributed by atoms with Gasteiger partial charge in [0.25, 0.3) is 5.91 Å². The highest BCUT2D eigenvalue weighted by Gasteiger charge is 2.11.